The number of hydrogen-bond acceptors (Lipinski definition) is 2. The molecular formula is C8H17FN2. The number of nitrogens with one attached hydrogen (secondary N) is 1. The first-order chi connectivity index (χ1) is 5.33. The predicted molar refractivity (Wildman–Crippen MR) is 44.4 cm³/mol. The zero-order valence-corrected chi connectivity index (χ0v) is 7.15. The van der Waals surface area contributed by atoms with Gasteiger partial charge in [0.15, 0.2) is 0 Å². The molecule has 0 bridgehead atoms. The van der Waals surface area contributed by atoms with Crippen LogP contribution in [-0.2, 0) is 0 Å². The fraction of sp³-hybridized carbons (Fsp3) is 1.00. The van der Waals surface area contributed by atoms with E-state index in [0.717, 1.165) is 19.0 Å². The van der Waals surface area contributed by atoms with E-state index in [0.29, 0.717) is 6.42 Å². The molecular weight excluding hydrogens is 143 g/mol. The van der Waals surface area contributed by atoms with E-state index in [9.17, 15) is 4.39 Å². The molecule has 0 aromatic rings. The van der Waals surface area contributed by atoms with Crippen molar-refractivity contribution >= 4 is 0 Å². The van der Waals surface area contributed by atoms with Gasteiger partial charge in [0.05, 0.1) is 6.67 Å². The van der Waals surface area contributed by atoms with Gasteiger partial charge in [-0.05, 0) is 25.9 Å². The number of rotatable bonds is 5. The summed E-state index contributed by atoms with van der Waals surface area (Å²) in [6.45, 7) is 4.09. The van der Waals surface area contributed by atoms with Crippen LogP contribution >= 0.6 is 0 Å². The molecule has 0 aliphatic carbocycles. The van der Waals surface area contributed by atoms with Gasteiger partial charge in [0.1, 0.15) is 0 Å². The highest BCUT2D eigenvalue weighted by molar-refractivity contribution is 4.78. The first-order valence-electron chi connectivity index (χ1n) is 4.28. The van der Waals surface area contributed by atoms with Gasteiger partial charge in [-0.15, -0.1) is 0 Å². The average molecular weight is 160 g/mol. The molecule has 1 N–H and O–H groups in total. The summed E-state index contributed by atoms with van der Waals surface area (Å²) in [5, 5.41) is 3.24. The topological polar surface area (TPSA) is 15.3 Å². The quantitative estimate of drug-likeness (QED) is 0.589. The highest BCUT2D eigenvalue weighted by atomic mass is 19.1. The third-order valence-electron chi connectivity index (χ3n) is 2.06. The smallest absolute Gasteiger partial charge is 0.0906 e. The SMILES string of the molecule is CN1CC(CNCCCF)C1. The van der Waals surface area contributed by atoms with E-state index in [2.05, 4.69) is 17.3 Å². The lowest BCUT2D eigenvalue weighted by molar-refractivity contribution is 0.133. The fourth-order valence-electron chi connectivity index (χ4n) is 1.46. The number of nitrogens with zero attached hydrogens (tertiary/aromatic N) is 1. The Bertz CT molecular complexity index is 102. The van der Waals surface area contributed by atoms with Crippen molar-refractivity contribution in [1.82, 2.24) is 10.2 Å². The van der Waals surface area contributed by atoms with Gasteiger partial charge in [0, 0.05) is 19.6 Å². The van der Waals surface area contributed by atoms with Gasteiger partial charge in [-0.2, -0.15) is 0 Å². The van der Waals surface area contributed by atoms with Crippen LogP contribution in [0.2, 0.25) is 0 Å². The highest BCUT2D eigenvalue weighted by Crippen LogP contribution is 2.10. The van der Waals surface area contributed by atoms with Crippen LogP contribution in [0.25, 0.3) is 0 Å². The van der Waals surface area contributed by atoms with E-state index >= 15 is 0 Å². The molecule has 1 saturated heterocycles. The van der Waals surface area contributed by atoms with Crippen LogP contribution < -0.4 is 5.32 Å². The zero-order valence-electron chi connectivity index (χ0n) is 7.15. The Morgan fingerprint density at radius 3 is 2.82 bits per heavy atom. The third-order valence-corrected chi connectivity index (χ3v) is 2.06. The summed E-state index contributed by atoms with van der Waals surface area (Å²) in [5.74, 6) is 0.805. The molecule has 0 unspecified atom stereocenters. The van der Waals surface area contributed by atoms with Gasteiger partial charge in [-0.3, -0.25) is 4.39 Å². The van der Waals surface area contributed by atoms with E-state index in [1.165, 1.54) is 13.1 Å². The number of halogens is 1. The number of likely N-dealkylation sites (tertiary alicyclic amines) is 1. The monoisotopic (exact) mass is 160 g/mol. The molecule has 1 rings (SSSR count). The van der Waals surface area contributed by atoms with Crippen molar-refractivity contribution < 1.29 is 4.39 Å². The summed E-state index contributed by atoms with van der Waals surface area (Å²) in [6.07, 6.45) is 0.655. The fourth-order valence-corrected chi connectivity index (χ4v) is 1.46. The van der Waals surface area contributed by atoms with Gasteiger partial charge >= 0.3 is 0 Å². The average Bonchev–Trinajstić information content (AvgIpc) is 1.94. The molecule has 0 amide bonds. The minimum Gasteiger partial charge on any atom is -0.316 e. The van der Waals surface area contributed by atoms with Crippen LogP contribution in [-0.4, -0.2) is 44.8 Å². The normalized spacial score (nSPS) is 20.2. The first kappa shape index (κ1) is 8.94. The van der Waals surface area contributed by atoms with Crippen molar-refractivity contribution in [1.29, 1.82) is 0 Å². The van der Waals surface area contributed by atoms with Crippen LogP contribution in [0, 0.1) is 5.92 Å². The predicted octanol–water partition coefficient (Wildman–Crippen LogP) is 0.497. The van der Waals surface area contributed by atoms with E-state index in [1.807, 2.05) is 0 Å². The van der Waals surface area contributed by atoms with Crippen LogP contribution in [0.1, 0.15) is 6.42 Å². The van der Waals surface area contributed by atoms with Crippen molar-refractivity contribution in [2.24, 2.45) is 5.92 Å². The summed E-state index contributed by atoms with van der Waals surface area (Å²) >= 11 is 0. The third kappa shape index (κ3) is 3.16. The summed E-state index contributed by atoms with van der Waals surface area (Å²) in [4.78, 5) is 2.29. The Morgan fingerprint density at radius 1 is 1.55 bits per heavy atom. The van der Waals surface area contributed by atoms with Gasteiger partial charge in [-0.1, -0.05) is 0 Å². The molecule has 1 fully saturated rings. The van der Waals surface area contributed by atoms with Crippen molar-refractivity contribution in [3.05, 3.63) is 0 Å². The van der Waals surface area contributed by atoms with Gasteiger partial charge in [0.2, 0.25) is 0 Å². The molecule has 1 heterocycles. The molecule has 3 heteroatoms. The number of alkyl halides is 1. The van der Waals surface area contributed by atoms with Crippen molar-refractivity contribution in [2.75, 3.05) is 39.9 Å². The van der Waals surface area contributed by atoms with E-state index in [-0.39, 0.29) is 6.67 Å². The molecule has 66 valence electrons. The zero-order chi connectivity index (χ0) is 8.10. The van der Waals surface area contributed by atoms with Crippen molar-refractivity contribution in [3.8, 4) is 0 Å². The van der Waals surface area contributed by atoms with Crippen LogP contribution in [0.5, 0.6) is 0 Å². The summed E-state index contributed by atoms with van der Waals surface area (Å²) in [6, 6.07) is 0. The Kier molecular flexibility index (Phi) is 3.80. The molecule has 0 radical (unpaired) electrons. The molecule has 0 spiro atoms. The Labute approximate surface area is 67.8 Å². The molecule has 1 aliphatic rings. The van der Waals surface area contributed by atoms with E-state index in [1.54, 1.807) is 0 Å². The summed E-state index contributed by atoms with van der Waals surface area (Å²) in [5.41, 5.74) is 0. The molecule has 0 aromatic heterocycles. The van der Waals surface area contributed by atoms with E-state index < -0.39 is 0 Å². The van der Waals surface area contributed by atoms with E-state index in [4.69, 9.17) is 0 Å². The summed E-state index contributed by atoms with van der Waals surface area (Å²) in [7, 11) is 2.12. The molecule has 0 saturated carbocycles. The lowest BCUT2D eigenvalue weighted by Crippen LogP contribution is -2.48. The lowest BCUT2D eigenvalue weighted by Gasteiger charge is -2.36. The molecule has 1 aliphatic heterocycles. The largest absolute Gasteiger partial charge is 0.316 e. The maximum Gasteiger partial charge on any atom is 0.0906 e. The molecule has 11 heavy (non-hydrogen) atoms. The Hall–Kier alpha value is -0.150. The molecule has 2 nitrogen and oxygen atoms in total. The van der Waals surface area contributed by atoms with Crippen molar-refractivity contribution in [2.45, 2.75) is 6.42 Å². The molecule has 0 atom stereocenters. The summed E-state index contributed by atoms with van der Waals surface area (Å²) < 4.78 is 11.6. The minimum atomic E-state index is -0.197. The Balaban J connectivity index is 1.81. The van der Waals surface area contributed by atoms with Gasteiger partial charge in [0.25, 0.3) is 0 Å². The Morgan fingerprint density at radius 2 is 2.27 bits per heavy atom. The lowest BCUT2D eigenvalue weighted by atomic mass is 10.0. The van der Waals surface area contributed by atoms with Gasteiger partial charge in [-0.25, -0.2) is 0 Å². The maximum atomic E-state index is 11.6. The minimum absolute atomic E-state index is 0.197. The number of hydrogen-bond donors (Lipinski definition) is 1. The van der Waals surface area contributed by atoms with Crippen molar-refractivity contribution in [3.63, 3.8) is 0 Å². The van der Waals surface area contributed by atoms with Crippen LogP contribution in [0.3, 0.4) is 0 Å². The highest BCUT2D eigenvalue weighted by Gasteiger charge is 2.21. The first-order valence-corrected chi connectivity index (χ1v) is 4.28. The maximum absolute atomic E-state index is 11.6. The van der Waals surface area contributed by atoms with Crippen LogP contribution in [0.15, 0.2) is 0 Å². The van der Waals surface area contributed by atoms with Gasteiger partial charge < -0.3 is 10.2 Å². The van der Waals surface area contributed by atoms with Crippen LogP contribution in [0.4, 0.5) is 4.39 Å². The second-order valence-corrected chi connectivity index (χ2v) is 3.33. The second kappa shape index (κ2) is 4.67. The second-order valence-electron chi connectivity index (χ2n) is 3.33. The standard InChI is InChI=1S/C8H17FN2/c1-11-6-8(7-11)5-10-4-2-3-9/h8,10H,2-7H2,1H3. The molecule has 0 aromatic carbocycles.